The molecule has 2 heterocycles. The second kappa shape index (κ2) is 7.09. The molecule has 1 unspecified atom stereocenters. The van der Waals surface area contributed by atoms with Gasteiger partial charge in [-0.25, -0.2) is 0 Å². The molecular weight excluding hydrogens is 374 g/mol. The smallest absolute Gasteiger partial charge is 0.403 e. The topological polar surface area (TPSA) is 36.9 Å². The number of hydrogen-bond donors (Lipinski definition) is 0. The number of rotatable bonds is 4. The zero-order valence-corrected chi connectivity index (χ0v) is 19.5. The van der Waals surface area contributed by atoms with Gasteiger partial charge in [0.1, 0.15) is 0 Å². The summed E-state index contributed by atoms with van der Waals surface area (Å²) in [4.78, 5) is 0. The van der Waals surface area contributed by atoms with Crippen LogP contribution in [0.15, 0.2) is 42.5 Å². The molecule has 2 aromatic rings. The Morgan fingerprint density at radius 2 is 1.17 bits per heavy atom. The van der Waals surface area contributed by atoms with E-state index in [1.807, 2.05) is 0 Å². The number of fused-ring (bicyclic) bond motifs is 1. The Labute approximate surface area is 181 Å². The van der Waals surface area contributed by atoms with Crippen molar-refractivity contribution in [1.29, 1.82) is 0 Å². The van der Waals surface area contributed by atoms with Gasteiger partial charge in [0, 0.05) is 12.1 Å². The molecule has 0 aromatic heterocycles. The van der Waals surface area contributed by atoms with Crippen LogP contribution in [0.5, 0.6) is 0 Å². The van der Waals surface area contributed by atoms with Gasteiger partial charge in [0.2, 0.25) is 0 Å². The van der Waals surface area contributed by atoms with E-state index in [2.05, 4.69) is 104 Å². The maximum absolute atomic E-state index is 6.48. The predicted molar refractivity (Wildman–Crippen MR) is 123 cm³/mol. The Hall–Kier alpha value is -1.33. The maximum atomic E-state index is 6.48. The standard InChI is InChI=1S/C24H33B2O4/c1-21(2)22(3,4)28-25(27-21)16-20(26-29-23(5,6)24(7,8)30-26)19-15-11-13-17-12-9-10-14-18(17)19/h9-16,20H,1-8H3. The third kappa shape index (κ3) is 3.62. The molecule has 159 valence electrons. The zero-order valence-electron chi connectivity index (χ0n) is 19.5. The van der Waals surface area contributed by atoms with Crippen LogP contribution in [0.2, 0.25) is 0 Å². The van der Waals surface area contributed by atoms with Gasteiger partial charge in [0.05, 0.1) is 22.4 Å². The van der Waals surface area contributed by atoms with E-state index in [0.29, 0.717) is 0 Å². The Bertz CT molecular complexity index is 900. The molecule has 6 heteroatoms. The van der Waals surface area contributed by atoms with E-state index in [0.717, 1.165) is 5.56 Å². The van der Waals surface area contributed by atoms with Crippen LogP contribution in [-0.2, 0) is 18.6 Å². The van der Waals surface area contributed by atoms with Gasteiger partial charge in [0.25, 0.3) is 0 Å². The molecule has 2 aliphatic heterocycles. The molecule has 4 rings (SSSR count). The van der Waals surface area contributed by atoms with Crippen molar-refractivity contribution in [2.24, 2.45) is 0 Å². The lowest BCUT2D eigenvalue weighted by Crippen LogP contribution is -2.41. The summed E-state index contributed by atoms with van der Waals surface area (Å²) in [5, 5.41) is 2.38. The average Bonchev–Trinajstić information content (AvgIpc) is 2.98. The maximum Gasteiger partial charge on any atom is 0.465 e. The molecule has 2 fully saturated rings. The monoisotopic (exact) mass is 407 g/mol. The largest absolute Gasteiger partial charge is 0.465 e. The van der Waals surface area contributed by atoms with Crippen LogP contribution >= 0.6 is 0 Å². The van der Waals surface area contributed by atoms with E-state index >= 15 is 0 Å². The van der Waals surface area contributed by atoms with Crippen LogP contribution in [0.3, 0.4) is 0 Å². The van der Waals surface area contributed by atoms with Gasteiger partial charge in [-0.05, 0) is 71.7 Å². The first-order valence-electron chi connectivity index (χ1n) is 10.9. The summed E-state index contributed by atoms with van der Waals surface area (Å²) in [6.45, 7) is 16.6. The van der Waals surface area contributed by atoms with E-state index in [1.54, 1.807) is 0 Å². The lowest BCUT2D eigenvalue weighted by atomic mass is 9.58. The Kier molecular flexibility index (Phi) is 5.18. The highest BCUT2D eigenvalue weighted by atomic mass is 16.7. The van der Waals surface area contributed by atoms with Crippen molar-refractivity contribution >= 4 is 25.0 Å². The van der Waals surface area contributed by atoms with Gasteiger partial charge >= 0.3 is 14.2 Å². The minimum Gasteiger partial charge on any atom is -0.403 e. The summed E-state index contributed by atoms with van der Waals surface area (Å²) >= 11 is 0. The van der Waals surface area contributed by atoms with Gasteiger partial charge in [-0.1, -0.05) is 42.5 Å². The SMILES string of the molecule is CC1(C)OB([CH]C(B2OC(C)(C)C(C)(C)O2)c2cccc3ccccc23)OC1(C)C. The Morgan fingerprint density at radius 1 is 0.667 bits per heavy atom. The third-order valence-electron chi connectivity index (χ3n) is 7.38. The number of hydrogen-bond acceptors (Lipinski definition) is 4. The van der Waals surface area contributed by atoms with E-state index < -0.39 is 36.6 Å². The quantitative estimate of drug-likeness (QED) is 0.637. The molecule has 0 amide bonds. The van der Waals surface area contributed by atoms with Crippen LogP contribution < -0.4 is 0 Å². The average molecular weight is 407 g/mol. The van der Waals surface area contributed by atoms with Crippen molar-refractivity contribution in [2.45, 2.75) is 83.6 Å². The van der Waals surface area contributed by atoms with Crippen LogP contribution in [-0.4, -0.2) is 36.6 Å². The molecule has 2 aromatic carbocycles. The normalized spacial score (nSPS) is 25.1. The van der Waals surface area contributed by atoms with Crippen molar-refractivity contribution in [2.75, 3.05) is 0 Å². The molecule has 2 aliphatic rings. The highest BCUT2D eigenvalue weighted by molar-refractivity contribution is 6.57. The molecular formula is C24H33B2O4. The molecule has 0 bridgehead atoms. The van der Waals surface area contributed by atoms with Crippen molar-refractivity contribution in [3.05, 3.63) is 54.3 Å². The second-order valence-electron chi connectivity index (χ2n) is 10.5. The van der Waals surface area contributed by atoms with E-state index in [-0.39, 0.29) is 5.82 Å². The van der Waals surface area contributed by atoms with E-state index in [1.165, 1.54) is 10.8 Å². The van der Waals surface area contributed by atoms with Gasteiger partial charge in [-0.2, -0.15) is 0 Å². The molecule has 0 aliphatic carbocycles. The highest BCUT2D eigenvalue weighted by Crippen LogP contribution is 2.45. The summed E-state index contributed by atoms with van der Waals surface area (Å²) in [6, 6.07) is 14.8. The summed E-state index contributed by atoms with van der Waals surface area (Å²) in [5.74, 6) is -0.146. The molecule has 4 nitrogen and oxygen atoms in total. The molecule has 0 spiro atoms. The van der Waals surface area contributed by atoms with Crippen molar-refractivity contribution in [1.82, 2.24) is 0 Å². The predicted octanol–water partition coefficient (Wildman–Crippen LogP) is 5.39. The van der Waals surface area contributed by atoms with Crippen molar-refractivity contribution in [3.63, 3.8) is 0 Å². The summed E-state index contributed by atoms with van der Waals surface area (Å²) < 4.78 is 25.6. The summed E-state index contributed by atoms with van der Waals surface area (Å²) in [5.41, 5.74) is -0.462. The van der Waals surface area contributed by atoms with Gasteiger partial charge in [-0.3, -0.25) is 0 Å². The molecule has 30 heavy (non-hydrogen) atoms. The van der Waals surface area contributed by atoms with Gasteiger partial charge in [0.15, 0.2) is 0 Å². The highest BCUT2D eigenvalue weighted by Gasteiger charge is 2.57. The lowest BCUT2D eigenvalue weighted by Gasteiger charge is -2.32. The zero-order chi connectivity index (χ0) is 21.9. The first kappa shape index (κ1) is 21.9. The molecule has 0 N–H and O–H groups in total. The summed E-state index contributed by atoms with van der Waals surface area (Å²) in [7, 11) is -0.877. The molecule has 2 saturated heterocycles. The first-order chi connectivity index (χ1) is 13.8. The second-order valence-corrected chi connectivity index (χ2v) is 10.5. The molecule has 0 saturated carbocycles. The van der Waals surface area contributed by atoms with Crippen molar-refractivity contribution in [3.8, 4) is 0 Å². The summed E-state index contributed by atoms with van der Waals surface area (Å²) in [6.07, 6.45) is 2.11. The first-order valence-corrected chi connectivity index (χ1v) is 10.9. The third-order valence-corrected chi connectivity index (χ3v) is 7.38. The fraction of sp³-hybridized carbons (Fsp3) is 0.542. The minimum absolute atomic E-state index is 0.146. The van der Waals surface area contributed by atoms with E-state index in [4.69, 9.17) is 18.6 Å². The van der Waals surface area contributed by atoms with Gasteiger partial charge in [-0.15, -0.1) is 0 Å². The fourth-order valence-corrected chi connectivity index (χ4v) is 4.05. The Balaban J connectivity index is 1.73. The molecule has 1 atom stereocenters. The minimum atomic E-state index is -0.446. The van der Waals surface area contributed by atoms with E-state index in [9.17, 15) is 0 Å². The number of benzene rings is 2. The fourth-order valence-electron chi connectivity index (χ4n) is 4.05. The molecule has 1 radical (unpaired) electrons. The lowest BCUT2D eigenvalue weighted by molar-refractivity contribution is 0.00578. The Morgan fingerprint density at radius 3 is 1.77 bits per heavy atom. The van der Waals surface area contributed by atoms with Crippen LogP contribution in [0.1, 0.15) is 66.8 Å². The van der Waals surface area contributed by atoms with Crippen LogP contribution in [0.25, 0.3) is 10.8 Å². The van der Waals surface area contributed by atoms with Crippen molar-refractivity contribution < 1.29 is 18.6 Å². The van der Waals surface area contributed by atoms with Gasteiger partial charge < -0.3 is 18.6 Å². The van der Waals surface area contributed by atoms with Crippen LogP contribution in [0.4, 0.5) is 0 Å². The van der Waals surface area contributed by atoms with Crippen LogP contribution in [0, 0.1) is 6.32 Å².